The fourth-order valence-corrected chi connectivity index (χ4v) is 2.59. The maximum absolute atomic E-state index is 9.43. The number of ether oxygens (including phenoxy) is 1. The van der Waals surface area contributed by atoms with E-state index in [0.717, 1.165) is 18.6 Å². The summed E-state index contributed by atoms with van der Waals surface area (Å²) in [5, 5.41) is 9.43. The van der Waals surface area contributed by atoms with Gasteiger partial charge in [-0.25, -0.2) is 0 Å². The van der Waals surface area contributed by atoms with Crippen molar-refractivity contribution in [1.82, 2.24) is 0 Å². The number of benzene rings is 1. The van der Waals surface area contributed by atoms with Crippen molar-refractivity contribution >= 4 is 0 Å². The topological polar surface area (TPSA) is 29.5 Å². The summed E-state index contributed by atoms with van der Waals surface area (Å²) in [7, 11) is 0. The largest absolute Gasteiger partial charge is 0.485 e. The third-order valence-corrected chi connectivity index (χ3v) is 4.34. The van der Waals surface area contributed by atoms with E-state index in [0.29, 0.717) is 0 Å². The average Bonchev–Trinajstić information content (AvgIpc) is 2.33. The highest BCUT2D eigenvalue weighted by Crippen LogP contribution is 2.40. The Labute approximate surface area is 104 Å². The molecule has 1 heterocycles. The molecule has 1 aliphatic rings. The van der Waals surface area contributed by atoms with E-state index in [1.807, 2.05) is 6.92 Å². The normalized spacial score (nSPS) is 23.2. The van der Waals surface area contributed by atoms with Gasteiger partial charge in [0.1, 0.15) is 11.4 Å². The SMILES string of the molecule is Cc1c(C)c(C)c2c(c1C)CC[C@](C)(CO)O2. The van der Waals surface area contributed by atoms with Gasteiger partial charge in [-0.05, 0) is 75.3 Å². The molecule has 2 nitrogen and oxygen atoms in total. The molecular formula is C15H22O2. The van der Waals surface area contributed by atoms with Gasteiger partial charge in [0.2, 0.25) is 0 Å². The molecule has 0 amide bonds. The number of fused-ring (bicyclic) bond motifs is 1. The first kappa shape index (κ1) is 12.4. The summed E-state index contributed by atoms with van der Waals surface area (Å²) in [5.41, 5.74) is 6.18. The van der Waals surface area contributed by atoms with Crippen LogP contribution in [0.25, 0.3) is 0 Å². The molecule has 1 atom stereocenters. The van der Waals surface area contributed by atoms with Crippen LogP contribution >= 0.6 is 0 Å². The van der Waals surface area contributed by atoms with E-state index in [1.54, 1.807) is 0 Å². The molecule has 94 valence electrons. The number of aliphatic hydroxyl groups excluding tert-OH is 1. The van der Waals surface area contributed by atoms with Gasteiger partial charge in [-0.15, -0.1) is 0 Å². The second-order valence-electron chi connectivity index (χ2n) is 5.52. The highest BCUT2D eigenvalue weighted by Gasteiger charge is 2.33. The van der Waals surface area contributed by atoms with Crippen LogP contribution in [0.5, 0.6) is 5.75 Å². The van der Waals surface area contributed by atoms with E-state index in [4.69, 9.17) is 4.74 Å². The summed E-state index contributed by atoms with van der Waals surface area (Å²) in [6, 6.07) is 0. The van der Waals surface area contributed by atoms with Crippen molar-refractivity contribution in [2.24, 2.45) is 0 Å². The second-order valence-corrected chi connectivity index (χ2v) is 5.52. The average molecular weight is 234 g/mol. The van der Waals surface area contributed by atoms with Gasteiger partial charge in [-0.1, -0.05) is 0 Å². The molecule has 17 heavy (non-hydrogen) atoms. The summed E-state index contributed by atoms with van der Waals surface area (Å²) < 4.78 is 6.07. The molecular weight excluding hydrogens is 212 g/mol. The molecule has 2 rings (SSSR count). The predicted molar refractivity (Wildman–Crippen MR) is 69.8 cm³/mol. The first-order valence-electron chi connectivity index (χ1n) is 6.29. The van der Waals surface area contributed by atoms with E-state index < -0.39 is 5.60 Å². The summed E-state index contributed by atoms with van der Waals surface area (Å²) >= 11 is 0. The third kappa shape index (κ3) is 1.85. The molecule has 1 N–H and O–H groups in total. The zero-order valence-corrected chi connectivity index (χ0v) is 11.5. The molecule has 2 heteroatoms. The molecule has 0 saturated carbocycles. The standard InChI is InChI=1S/C15H22O2/c1-9-10(2)12(4)14-13(11(9)3)6-7-15(5,8-16)17-14/h16H,6-8H2,1-5H3/t15-/m1/s1. The van der Waals surface area contributed by atoms with Crippen LogP contribution in [0.15, 0.2) is 0 Å². The molecule has 0 unspecified atom stereocenters. The Hall–Kier alpha value is -1.02. The van der Waals surface area contributed by atoms with Crippen molar-refractivity contribution in [2.45, 2.75) is 53.1 Å². The Morgan fingerprint density at radius 3 is 2.24 bits per heavy atom. The minimum absolute atomic E-state index is 0.0812. The van der Waals surface area contributed by atoms with Crippen LogP contribution in [0.3, 0.4) is 0 Å². The minimum atomic E-state index is -0.411. The summed E-state index contributed by atoms with van der Waals surface area (Å²) in [4.78, 5) is 0. The summed E-state index contributed by atoms with van der Waals surface area (Å²) in [6.07, 6.45) is 1.89. The second kappa shape index (κ2) is 4.02. The van der Waals surface area contributed by atoms with E-state index >= 15 is 0 Å². The Bertz CT molecular complexity index is 463. The third-order valence-electron chi connectivity index (χ3n) is 4.34. The lowest BCUT2D eigenvalue weighted by molar-refractivity contribution is 0.00727. The van der Waals surface area contributed by atoms with Crippen molar-refractivity contribution in [3.05, 3.63) is 27.8 Å². The van der Waals surface area contributed by atoms with Crippen LogP contribution in [-0.2, 0) is 6.42 Å². The number of rotatable bonds is 1. The van der Waals surface area contributed by atoms with E-state index in [9.17, 15) is 5.11 Å². The van der Waals surface area contributed by atoms with Crippen molar-refractivity contribution in [1.29, 1.82) is 0 Å². The highest BCUT2D eigenvalue weighted by molar-refractivity contribution is 5.55. The van der Waals surface area contributed by atoms with Crippen molar-refractivity contribution in [3.63, 3.8) is 0 Å². The zero-order valence-electron chi connectivity index (χ0n) is 11.5. The number of aliphatic hydroxyl groups is 1. The van der Waals surface area contributed by atoms with Gasteiger partial charge in [0.15, 0.2) is 0 Å². The molecule has 1 aromatic rings. The molecule has 0 aliphatic carbocycles. The molecule has 0 fully saturated rings. The van der Waals surface area contributed by atoms with E-state index in [-0.39, 0.29) is 6.61 Å². The quantitative estimate of drug-likeness (QED) is 0.809. The number of hydrogen-bond acceptors (Lipinski definition) is 2. The van der Waals surface area contributed by atoms with Crippen LogP contribution in [0, 0.1) is 27.7 Å². The maximum atomic E-state index is 9.43. The monoisotopic (exact) mass is 234 g/mol. The molecule has 1 aliphatic heterocycles. The molecule has 0 spiro atoms. The van der Waals surface area contributed by atoms with Gasteiger partial charge < -0.3 is 9.84 Å². The van der Waals surface area contributed by atoms with Crippen LogP contribution in [0.1, 0.15) is 41.2 Å². The molecule has 0 aromatic heterocycles. The summed E-state index contributed by atoms with van der Waals surface area (Å²) in [5.74, 6) is 1.01. The lowest BCUT2D eigenvalue weighted by atomic mass is 9.85. The first-order valence-corrected chi connectivity index (χ1v) is 6.29. The Balaban J connectivity index is 2.59. The Kier molecular flexibility index (Phi) is 2.94. The molecule has 1 aromatic carbocycles. The summed E-state index contributed by atoms with van der Waals surface area (Å²) in [6.45, 7) is 10.7. The van der Waals surface area contributed by atoms with Crippen molar-refractivity contribution in [2.75, 3.05) is 6.61 Å². The maximum Gasteiger partial charge on any atom is 0.129 e. The zero-order chi connectivity index (χ0) is 12.8. The van der Waals surface area contributed by atoms with Crippen molar-refractivity contribution in [3.8, 4) is 5.75 Å². The lowest BCUT2D eigenvalue weighted by Crippen LogP contribution is -2.40. The van der Waals surface area contributed by atoms with Gasteiger partial charge in [0, 0.05) is 0 Å². The van der Waals surface area contributed by atoms with Gasteiger partial charge in [0.05, 0.1) is 6.61 Å². The first-order chi connectivity index (χ1) is 7.89. The van der Waals surface area contributed by atoms with Crippen LogP contribution < -0.4 is 4.74 Å². The molecule has 0 radical (unpaired) electrons. The molecule has 0 bridgehead atoms. The van der Waals surface area contributed by atoms with Crippen LogP contribution in [0.4, 0.5) is 0 Å². The van der Waals surface area contributed by atoms with Gasteiger partial charge >= 0.3 is 0 Å². The van der Waals surface area contributed by atoms with E-state index in [2.05, 4.69) is 27.7 Å². The minimum Gasteiger partial charge on any atom is -0.485 e. The van der Waals surface area contributed by atoms with Crippen molar-refractivity contribution < 1.29 is 9.84 Å². The van der Waals surface area contributed by atoms with Gasteiger partial charge in [0.25, 0.3) is 0 Å². The van der Waals surface area contributed by atoms with E-state index in [1.165, 1.54) is 27.8 Å². The highest BCUT2D eigenvalue weighted by atomic mass is 16.5. The van der Waals surface area contributed by atoms with Crippen LogP contribution in [-0.4, -0.2) is 17.3 Å². The number of hydrogen-bond donors (Lipinski definition) is 1. The van der Waals surface area contributed by atoms with Crippen LogP contribution in [0.2, 0.25) is 0 Å². The lowest BCUT2D eigenvalue weighted by Gasteiger charge is -2.36. The van der Waals surface area contributed by atoms with Gasteiger partial charge in [-0.3, -0.25) is 0 Å². The molecule has 0 saturated heterocycles. The smallest absolute Gasteiger partial charge is 0.129 e. The predicted octanol–water partition coefficient (Wildman–Crippen LogP) is 3.00. The Morgan fingerprint density at radius 2 is 1.65 bits per heavy atom. The fraction of sp³-hybridized carbons (Fsp3) is 0.600. The van der Waals surface area contributed by atoms with Gasteiger partial charge in [-0.2, -0.15) is 0 Å². The Morgan fingerprint density at radius 1 is 1.06 bits per heavy atom. The fourth-order valence-electron chi connectivity index (χ4n) is 2.59.